The van der Waals surface area contributed by atoms with Gasteiger partial charge in [-0.2, -0.15) is 0 Å². The number of hydrogen-bond acceptors (Lipinski definition) is 7. The maximum atomic E-state index is 6.02. The fraction of sp³-hybridized carbons (Fsp3) is 0.136. The maximum absolute atomic E-state index is 6.02. The average Bonchev–Trinajstić information content (AvgIpc) is 3.93. The van der Waals surface area contributed by atoms with Crippen molar-refractivity contribution in [3.63, 3.8) is 0 Å². The van der Waals surface area contributed by atoms with Crippen molar-refractivity contribution in [2.75, 3.05) is 19.1 Å². The molecule has 0 aliphatic carbocycles. The molecule has 2 aromatic heterocycles. The summed E-state index contributed by atoms with van der Waals surface area (Å²) in [7, 11) is 3.35. The molecule has 5 aromatic carbocycles. The molecule has 0 amide bonds. The predicted octanol–water partition coefficient (Wildman–Crippen LogP) is 10.9. The van der Waals surface area contributed by atoms with Gasteiger partial charge < -0.3 is 32.7 Å². The summed E-state index contributed by atoms with van der Waals surface area (Å²) in [6.07, 6.45) is 3.30. The van der Waals surface area contributed by atoms with Gasteiger partial charge >= 0.3 is 0 Å². The van der Waals surface area contributed by atoms with Gasteiger partial charge in [-0.25, -0.2) is 0 Å². The summed E-state index contributed by atoms with van der Waals surface area (Å²) >= 11 is 0. The molecule has 7 rings (SSSR count). The van der Waals surface area contributed by atoms with E-state index in [9.17, 15) is 0 Å². The van der Waals surface area contributed by atoms with Gasteiger partial charge in [0, 0.05) is 22.5 Å². The zero-order chi connectivity index (χ0) is 35.0. The van der Waals surface area contributed by atoms with E-state index in [-0.39, 0.29) is 0 Å². The SMILES string of the molecule is COc1ccc(N(c2ccc(OC)cc2)c2ccc(C(C)(c3ccc(OCc4ccco4)cc3)c3ccc(OCc4ccco4)cc3)cc2)cc1. The molecule has 0 fully saturated rings. The molecule has 2 heterocycles. The number of benzene rings is 5. The number of rotatable bonds is 14. The van der Waals surface area contributed by atoms with E-state index in [1.807, 2.05) is 72.8 Å². The summed E-state index contributed by atoms with van der Waals surface area (Å²) < 4.78 is 33.8. The summed E-state index contributed by atoms with van der Waals surface area (Å²) in [4.78, 5) is 2.22. The van der Waals surface area contributed by atoms with Crippen molar-refractivity contribution in [1.29, 1.82) is 0 Å². The highest BCUT2D eigenvalue weighted by atomic mass is 16.5. The predicted molar refractivity (Wildman–Crippen MR) is 199 cm³/mol. The third-order valence-electron chi connectivity index (χ3n) is 9.15. The smallest absolute Gasteiger partial charge is 0.146 e. The second kappa shape index (κ2) is 15.0. The first-order chi connectivity index (χ1) is 25.0. The Morgan fingerprint density at radius 3 is 1.12 bits per heavy atom. The summed E-state index contributed by atoms with van der Waals surface area (Å²) in [5, 5.41) is 0. The third kappa shape index (κ3) is 7.33. The lowest BCUT2D eigenvalue weighted by Gasteiger charge is -2.33. The van der Waals surface area contributed by atoms with Crippen LogP contribution in [-0.2, 0) is 18.6 Å². The summed E-state index contributed by atoms with van der Waals surface area (Å²) in [6.45, 7) is 2.98. The third-order valence-corrected chi connectivity index (χ3v) is 9.15. The minimum atomic E-state index is -0.511. The zero-order valence-corrected chi connectivity index (χ0v) is 28.8. The van der Waals surface area contributed by atoms with Gasteiger partial charge in [0.1, 0.15) is 47.7 Å². The Labute approximate surface area is 298 Å². The van der Waals surface area contributed by atoms with E-state index in [1.165, 1.54) is 0 Å². The van der Waals surface area contributed by atoms with Crippen molar-refractivity contribution in [2.24, 2.45) is 0 Å². The molecule has 51 heavy (non-hydrogen) atoms. The van der Waals surface area contributed by atoms with Crippen molar-refractivity contribution in [2.45, 2.75) is 25.6 Å². The molecular weight excluding hydrogens is 638 g/mol. The Bertz CT molecular complexity index is 1960. The number of ether oxygens (including phenoxy) is 4. The second-order valence-electron chi connectivity index (χ2n) is 12.2. The van der Waals surface area contributed by atoms with Gasteiger partial charge in [-0.1, -0.05) is 36.4 Å². The molecule has 0 unspecified atom stereocenters. The van der Waals surface area contributed by atoms with Crippen molar-refractivity contribution in [1.82, 2.24) is 0 Å². The first kappa shape index (κ1) is 33.2. The molecule has 0 N–H and O–H groups in total. The lowest BCUT2D eigenvalue weighted by Crippen LogP contribution is -2.25. The first-order valence-electron chi connectivity index (χ1n) is 16.7. The molecule has 0 atom stereocenters. The van der Waals surface area contributed by atoms with E-state index in [0.717, 1.165) is 68.3 Å². The summed E-state index contributed by atoms with van der Waals surface area (Å²) in [5.41, 5.74) is 5.88. The molecule has 0 saturated carbocycles. The highest BCUT2D eigenvalue weighted by Crippen LogP contribution is 2.42. The van der Waals surface area contributed by atoms with Crippen LogP contribution in [0.3, 0.4) is 0 Å². The Morgan fingerprint density at radius 1 is 0.451 bits per heavy atom. The first-order valence-corrected chi connectivity index (χ1v) is 16.7. The standard InChI is InChI=1S/C44H39NO6/c1-44(33-10-20-40(21-11-33)50-30-42-6-4-28-48-42,34-12-22-41(23-13-34)51-31-43-7-5-29-49-43)32-8-14-35(15-9-32)45(36-16-24-38(46-2)25-17-36)37-18-26-39(47-3)27-19-37/h4-29H,30-31H2,1-3H3. The molecule has 0 aliphatic rings. The van der Waals surface area contributed by atoms with Crippen molar-refractivity contribution in [3.05, 3.63) is 186 Å². The largest absolute Gasteiger partial charge is 0.497 e. The van der Waals surface area contributed by atoms with Crippen molar-refractivity contribution >= 4 is 17.1 Å². The normalized spacial score (nSPS) is 11.2. The topological polar surface area (TPSA) is 66.4 Å². The van der Waals surface area contributed by atoms with Crippen LogP contribution in [0.25, 0.3) is 0 Å². The van der Waals surface area contributed by atoms with Gasteiger partial charge in [-0.05, 0) is 133 Å². The Hall–Kier alpha value is -6.34. The highest BCUT2D eigenvalue weighted by Gasteiger charge is 2.32. The molecule has 256 valence electrons. The maximum Gasteiger partial charge on any atom is 0.146 e. The molecule has 7 nitrogen and oxygen atoms in total. The van der Waals surface area contributed by atoms with Gasteiger partial charge in [0.15, 0.2) is 0 Å². The molecule has 0 bridgehead atoms. The number of hydrogen-bond donors (Lipinski definition) is 0. The molecule has 0 spiro atoms. The van der Waals surface area contributed by atoms with Gasteiger partial charge in [0.05, 0.1) is 26.7 Å². The van der Waals surface area contributed by atoms with Crippen LogP contribution in [0, 0.1) is 0 Å². The minimum absolute atomic E-state index is 0.365. The van der Waals surface area contributed by atoms with E-state index < -0.39 is 5.41 Å². The quantitative estimate of drug-likeness (QED) is 0.106. The number of anilines is 3. The van der Waals surface area contributed by atoms with Crippen LogP contribution in [0.5, 0.6) is 23.0 Å². The molecule has 7 aromatic rings. The van der Waals surface area contributed by atoms with Gasteiger partial charge in [-0.3, -0.25) is 0 Å². The van der Waals surface area contributed by atoms with Crippen LogP contribution in [-0.4, -0.2) is 14.2 Å². The van der Waals surface area contributed by atoms with Crippen LogP contribution in [0.4, 0.5) is 17.1 Å². The van der Waals surface area contributed by atoms with Crippen LogP contribution in [0.2, 0.25) is 0 Å². The van der Waals surface area contributed by atoms with E-state index >= 15 is 0 Å². The molecule has 7 heteroatoms. The fourth-order valence-corrected chi connectivity index (χ4v) is 6.22. The Morgan fingerprint density at radius 2 is 0.784 bits per heavy atom. The Kier molecular flexibility index (Phi) is 9.79. The number of nitrogens with zero attached hydrogens (tertiary/aromatic N) is 1. The van der Waals surface area contributed by atoms with E-state index in [0.29, 0.717) is 13.2 Å². The fourth-order valence-electron chi connectivity index (χ4n) is 6.22. The Balaban J connectivity index is 1.23. The minimum Gasteiger partial charge on any atom is -0.497 e. The lowest BCUT2D eigenvalue weighted by atomic mass is 9.71. The monoisotopic (exact) mass is 677 g/mol. The summed E-state index contributed by atoms with van der Waals surface area (Å²) in [6, 6.07) is 49.0. The molecule has 0 saturated heterocycles. The lowest BCUT2D eigenvalue weighted by molar-refractivity contribution is 0.270. The number of furan rings is 2. The van der Waals surface area contributed by atoms with E-state index in [2.05, 4.69) is 84.6 Å². The molecule has 0 aliphatic heterocycles. The van der Waals surface area contributed by atoms with Gasteiger partial charge in [-0.15, -0.1) is 0 Å². The van der Waals surface area contributed by atoms with E-state index in [1.54, 1.807) is 26.7 Å². The summed E-state index contributed by atoms with van der Waals surface area (Å²) in [5.74, 6) is 4.69. The van der Waals surface area contributed by atoms with Crippen LogP contribution >= 0.6 is 0 Å². The van der Waals surface area contributed by atoms with Crippen LogP contribution < -0.4 is 23.8 Å². The van der Waals surface area contributed by atoms with Crippen LogP contribution in [0.15, 0.2) is 167 Å². The van der Waals surface area contributed by atoms with Crippen molar-refractivity contribution in [3.8, 4) is 23.0 Å². The van der Waals surface area contributed by atoms with E-state index in [4.69, 9.17) is 27.8 Å². The van der Waals surface area contributed by atoms with Crippen LogP contribution in [0.1, 0.15) is 35.1 Å². The number of methoxy groups -OCH3 is 2. The van der Waals surface area contributed by atoms with Gasteiger partial charge in [0.2, 0.25) is 0 Å². The zero-order valence-electron chi connectivity index (χ0n) is 28.8. The second-order valence-corrected chi connectivity index (χ2v) is 12.2. The highest BCUT2D eigenvalue weighted by molar-refractivity contribution is 5.77. The molecule has 0 radical (unpaired) electrons. The van der Waals surface area contributed by atoms with Gasteiger partial charge in [0.25, 0.3) is 0 Å². The molecular formula is C44H39NO6. The van der Waals surface area contributed by atoms with Crippen molar-refractivity contribution < 1.29 is 27.8 Å². The average molecular weight is 678 g/mol.